The predicted molar refractivity (Wildman–Crippen MR) is 160 cm³/mol. The average Bonchev–Trinajstić information content (AvgIpc) is 3.64. The summed E-state index contributed by atoms with van der Waals surface area (Å²) in [5.41, 5.74) is 0.531. The van der Waals surface area contributed by atoms with Gasteiger partial charge in [-0.3, -0.25) is 24.1 Å². The number of imidazole rings is 1. The predicted octanol–water partition coefficient (Wildman–Crippen LogP) is 0.986. The van der Waals surface area contributed by atoms with Crippen LogP contribution in [0.15, 0.2) is 42.5 Å². The van der Waals surface area contributed by atoms with Gasteiger partial charge in [-0.1, -0.05) is 6.92 Å². The molecule has 1 aromatic carbocycles. The first-order valence-electron chi connectivity index (χ1n) is 13.8. The number of hydrogen-bond acceptors (Lipinski definition) is 12. The van der Waals surface area contributed by atoms with Crippen molar-refractivity contribution in [2.24, 2.45) is 11.8 Å². The van der Waals surface area contributed by atoms with Gasteiger partial charge in [-0.05, 0) is 24.6 Å². The number of Topliss-reactive ketones (excluding diaryl/α,β-unsaturated/α-hetero) is 1. The molecular weight excluding hydrogens is 648 g/mol. The van der Waals surface area contributed by atoms with E-state index in [1.165, 1.54) is 46.8 Å². The Morgan fingerprint density at radius 2 is 1.93 bits per heavy atom. The van der Waals surface area contributed by atoms with E-state index < -0.39 is 75.0 Å². The van der Waals surface area contributed by atoms with Gasteiger partial charge in [-0.15, -0.1) is 11.3 Å². The van der Waals surface area contributed by atoms with Gasteiger partial charge in [0.1, 0.15) is 29.2 Å². The van der Waals surface area contributed by atoms with Crippen LogP contribution in [-0.2, 0) is 31.0 Å². The fraction of sp³-hybridized carbons (Fsp3) is 0.370. The highest BCUT2D eigenvalue weighted by Gasteiger charge is 2.60. The molecule has 4 N–H and O–H groups in total. The Morgan fingerprint density at radius 3 is 2.57 bits per heavy atom. The zero-order chi connectivity index (χ0) is 33.5. The number of fused-ring (bicyclic) bond motifs is 2. The summed E-state index contributed by atoms with van der Waals surface area (Å²) in [4.78, 5) is 66.0. The SMILES string of the molecule is C[C@@H](O)[C@H]1C(=O)N2C(C(=O)O)=C(c3cn4cnc(C(=O)CNS(=O)(=O)CCNC(=O)OCc5ccc([N+](=O)[O-])cc5)c4s3)[C@H](C)[C@H]12. The molecule has 0 aliphatic carbocycles. The van der Waals surface area contributed by atoms with Gasteiger partial charge in [-0.2, -0.15) is 0 Å². The van der Waals surface area contributed by atoms with Crippen LogP contribution in [0, 0.1) is 22.0 Å². The molecule has 4 heterocycles. The second kappa shape index (κ2) is 12.6. The van der Waals surface area contributed by atoms with Gasteiger partial charge in [-0.25, -0.2) is 27.7 Å². The molecule has 0 bridgehead atoms. The number of carbonyl (C=O) groups is 4. The molecule has 2 aliphatic heterocycles. The number of aliphatic carboxylic acids is 1. The summed E-state index contributed by atoms with van der Waals surface area (Å²) in [6.45, 7) is 2.09. The van der Waals surface area contributed by atoms with Crippen LogP contribution in [0.2, 0.25) is 0 Å². The Morgan fingerprint density at radius 1 is 1.24 bits per heavy atom. The molecule has 244 valence electrons. The van der Waals surface area contributed by atoms with Crippen molar-refractivity contribution < 1.29 is 47.5 Å². The summed E-state index contributed by atoms with van der Waals surface area (Å²) in [6, 6.07) is 4.82. The Kier molecular flexibility index (Phi) is 8.94. The summed E-state index contributed by atoms with van der Waals surface area (Å²) in [7, 11) is -4.02. The molecular formula is C27H28N6O11S2. The maximum Gasteiger partial charge on any atom is 0.407 e. The second-order valence-electron chi connectivity index (χ2n) is 10.7. The van der Waals surface area contributed by atoms with E-state index in [2.05, 4.69) is 15.0 Å². The number of rotatable bonds is 13. The quantitative estimate of drug-likeness (QED) is 0.0858. The fourth-order valence-corrected chi connectivity index (χ4v) is 7.64. The normalized spacial score (nSPS) is 19.9. The lowest BCUT2D eigenvalue weighted by Gasteiger charge is -2.46. The number of sulfonamides is 1. The van der Waals surface area contributed by atoms with E-state index in [1.807, 2.05) is 0 Å². The number of non-ortho nitro benzene ring substituents is 1. The molecule has 4 atom stereocenters. The molecule has 46 heavy (non-hydrogen) atoms. The average molecular weight is 677 g/mol. The second-order valence-corrected chi connectivity index (χ2v) is 13.7. The van der Waals surface area contributed by atoms with Gasteiger partial charge in [0.25, 0.3) is 5.69 Å². The minimum absolute atomic E-state index is 0.0452. The number of aromatic nitrogens is 2. The number of thiazole rings is 1. The van der Waals surface area contributed by atoms with Crippen LogP contribution in [0.4, 0.5) is 10.5 Å². The number of β-lactam (4-membered cyclic amide) rings is 1. The molecule has 1 fully saturated rings. The molecule has 17 nitrogen and oxygen atoms in total. The summed E-state index contributed by atoms with van der Waals surface area (Å²) < 4.78 is 33.5. The lowest BCUT2D eigenvalue weighted by Crippen LogP contribution is -2.63. The zero-order valence-electron chi connectivity index (χ0n) is 24.3. The van der Waals surface area contributed by atoms with Gasteiger partial charge in [0.05, 0.1) is 40.2 Å². The highest BCUT2D eigenvalue weighted by atomic mass is 32.2. The fourth-order valence-electron chi connectivity index (χ4n) is 5.54. The molecule has 0 spiro atoms. The zero-order valence-corrected chi connectivity index (χ0v) is 25.9. The number of aliphatic hydroxyl groups excluding tert-OH is 1. The van der Waals surface area contributed by atoms with Crippen LogP contribution >= 0.6 is 11.3 Å². The lowest BCUT2D eigenvalue weighted by atomic mass is 9.77. The third-order valence-corrected chi connectivity index (χ3v) is 10.2. The number of amides is 2. The van der Waals surface area contributed by atoms with E-state index in [4.69, 9.17) is 4.74 Å². The molecule has 0 radical (unpaired) electrons. The monoisotopic (exact) mass is 676 g/mol. The topological polar surface area (TPSA) is 240 Å². The van der Waals surface area contributed by atoms with E-state index >= 15 is 0 Å². The van der Waals surface area contributed by atoms with Crippen molar-refractivity contribution in [2.45, 2.75) is 32.6 Å². The van der Waals surface area contributed by atoms with Gasteiger partial charge in [0.2, 0.25) is 15.9 Å². The number of ether oxygens (including phenoxy) is 1. The lowest BCUT2D eigenvalue weighted by molar-refractivity contribution is -0.384. The van der Waals surface area contributed by atoms with Gasteiger partial charge in [0, 0.05) is 36.4 Å². The smallest absolute Gasteiger partial charge is 0.407 e. The molecule has 1 saturated heterocycles. The van der Waals surface area contributed by atoms with E-state index in [9.17, 15) is 47.9 Å². The molecule has 0 saturated carbocycles. The number of nitrogens with zero attached hydrogens (tertiary/aromatic N) is 4. The van der Waals surface area contributed by atoms with Gasteiger partial charge < -0.3 is 25.2 Å². The number of benzene rings is 1. The first-order chi connectivity index (χ1) is 21.7. The number of alkyl carbamates (subject to hydrolysis) is 1. The summed E-state index contributed by atoms with van der Waals surface area (Å²) in [5, 5.41) is 33.0. The Bertz CT molecular complexity index is 1880. The number of carboxylic acids is 1. The number of ketones is 1. The maximum absolute atomic E-state index is 13.0. The highest BCUT2D eigenvalue weighted by molar-refractivity contribution is 7.89. The number of aliphatic hydroxyl groups is 1. The van der Waals surface area contributed by atoms with Crippen molar-refractivity contribution in [3.63, 3.8) is 0 Å². The van der Waals surface area contributed by atoms with E-state index in [-0.39, 0.29) is 30.2 Å². The number of hydrogen-bond donors (Lipinski definition) is 4. The van der Waals surface area contributed by atoms with Crippen molar-refractivity contribution in [1.82, 2.24) is 24.3 Å². The van der Waals surface area contributed by atoms with Crippen LogP contribution in [0.25, 0.3) is 10.4 Å². The molecule has 2 aromatic heterocycles. The third-order valence-electron chi connectivity index (χ3n) is 7.73. The van der Waals surface area contributed by atoms with Crippen LogP contribution in [0.5, 0.6) is 0 Å². The third kappa shape index (κ3) is 6.21. The Labute approximate surface area is 264 Å². The van der Waals surface area contributed by atoms with Gasteiger partial charge >= 0.3 is 12.1 Å². The maximum atomic E-state index is 13.0. The largest absolute Gasteiger partial charge is 0.477 e. The van der Waals surface area contributed by atoms with Crippen LogP contribution < -0.4 is 10.0 Å². The minimum atomic E-state index is -4.02. The van der Waals surface area contributed by atoms with Gasteiger partial charge in [0.15, 0.2) is 5.78 Å². The number of nitro groups is 1. The van der Waals surface area contributed by atoms with E-state index in [0.29, 0.717) is 20.8 Å². The minimum Gasteiger partial charge on any atom is -0.477 e. The van der Waals surface area contributed by atoms with Crippen LogP contribution in [0.3, 0.4) is 0 Å². The van der Waals surface area contributed by atoms with Crippen molar-refractivity contribution in [2.75, 3.05) is 18.8 Å². The first-order valence-corrected chi connectivity index (χ1v) is 16.3. The van der Waals surface area contributed by atoms with E-state index in [1.54, 1.807) is 13.1 Å². The summed E-state index contributed by atoms with van der Waals surface area (Å²) in [6.07, 6.45) is 1.05. The first kappa shape index (κ1) is 32.7. The molecule has 2 aliphatic rings. The number of carbonyl (C=O) groups excluding carboxylic acids is 3. The summed E-state index contributed by atoms with van der Waals surface area (Å²) >= 11 is 1.07. The summed E-state index contributed by atoms with van der Waals surface area (Å²) in [5.74, 6) is -4.14. The molecule has 3 aromatic rings. The van der Waals surface area contributed by atoms with Crippen molar-refractivity contribution in [3.8, 4) is 0 Å². The number of nitro benzene ring substituents is 1. The molecule has 19 heteroatoms. The molecule has 5 rings (SSSR count). The standard InChI is InChI=1S/C27H28N6O11S2/c1-13-19(23(26(37)38)32-22(13)20(14(2)34)24(32)36)18-10-31-12-29-21(25(31)45-18)17(35)9-30-46(42,43)8-7-28-27(39)44-11-15-3-5-16(6-4-15)33(40)41/h3-6,10,12-14,20,22,30,34H,7-9,11H2,1-2H3,(H,28,39)(H,37,38)/t13-,14+,20+,22+/m0/s1. The van der Waals surface area contributed by atoms with Crippen LogP contribution in [0.1, 0.15) is 34.8 Å². The number of carboxylic acid groups (broad SMARTS) is 1. The molecule has 2 amide bonds. The Hall–Kier alpha value is -4.72. The van der Waals surface area contributed by atoms with E-state index in [0.717, 1.165) is 11.3 Å². The van der Waals surface area contributed by atoms with Crippen molar-refractivity contribution in [3.05, 3.63) is 68.7 Å². The Balaban J connectivity index is 1.17. The highest BCUT2D eigenvalue weighted by Crippen LogP contribution is 2.51. The van der Waals surface area contributed by atoms with Crippen LogP contribution in [-0.4, -0.2) is 92.6 Å². The van der Waals surface area contributed by atoms with Crippen molar-refractivity contribution >= 4 is 61.2 Å². The molecule has 0 unspecified atom stereocenters. The number of nitrogens with one attached hydrogen (secondary N) is 2. The van der Waals surface area contributed by atoms with Crippen molar-refractivity contribution in [1.29, 1.82) is 0 Å².